The average Bonchev–Trinajstić information content (AvgIpc) is 3.47. The highest BCUT2D eigenvalue weighted by Gasteiger charge is 2.28. The first-order chi connectivity index (χ1) is 15.9. The maximum Gasteiger partial charge on any atom is 0.277 e. The summed E-state index contributed by atoms with van der Waals surface area (Å²) in [5.74, 6) is -1.38. The highest BCUT2D eigenvalue weighted by molar-refractivity contribution is 9.10. The van der Waals surface area contributed by atoms with Gasteiger partial charge < -0.3 is 19.7 Å². The van der Waals surface area contributed by atoms with Gasteiger partial charge in [-0.2, -0.15) is 0 Å². The van der Waals surface area contributed by atoms with Crippen molar-refractivity contribution >= 4 is 55.8 Å². The maximum absolute atomic E-state index is 15.7. The van der Waals surface area contributed by atoms with E-state index in [4.69, 9.17) is 26.3 Å². The molecule has 1 aliphatic heterocycles. The number of hydrogen-bond donors (Lipinski definition) is 3. The summed E-state index contributed by atoms with van der Waals surface area (Å²) in [7, 11) is 0. The van der Waals surface area contributed by atoms with Gasteiger partial charge in [0.05, 0.1) is 59.2 Å². The molecule has 2 aromatic carbocycles. The Balaban J connectivity index is 1.79. The number of hydrogen-bond acceptors (Lipinski definition) is 6. The fourth-order valence-corrected chi connectivity index (χ4v) is 4.58. The van der Waals surface area contributed by atoms with E-state index < -0.39 is 11.7 Å². The van der Waals surface area contributed by atoms with Crippen molar-refractivity contribution in [3.05, 3.63) is 51.5 Å². The molecule has 1 amide bonds. The van der Waals surface area contributed by atoms with Crippen LogP contribution in [0.25, 0.3) is 11.0 Å². The van der Waals surface area contributed by atoms with Gasteiger partial charge in [-0.25, -0.2) is 14.9 Å². The zero-order chi connectivity index (χ0) is 23.5. The Labute approximate surface area is 203 Å². The van der Waals surface area contributed by atoms with Crippen molar-refractivity contribution in [1.29, 1.82) is 0 Å². The number of hydroxylamine groups is 1. The van der Waals surface area contributed by atoms with Gasteiger partial charge in [0.2, 0.25) is 0 Å². The third-order valence-corrected chi connectivity index (χ3v) is 6.35. The Morgan fingerprint density at radius 3 is 3.00 bits per heavy atom. The third-order valence-electron chi connectivity index (χ3n) is 5.55. The Hall–Kier alpha value is -2.24. The number of amides is 1. The standard InChI is InChI=1S/C22H23BrClFN4O4/c1-12(18-3-2-7-32-18)29-11-26-21-17(29)10-14(22(31)28-33-8-6-30)20(19(21)25)27-16-5-4-13(23)9-15(16)24/h4-5,9-12,18,27,30H,2-3,6-8H2,1H3,(H,28,31). The Morgan fingerprint density at radius 1 is 1.48 bits per heavy atom. The van der Waals surface area contributed by atoms with Crippen LogP contribution in [0.2, 0.25) is 5.02 Å². The summed E-state index contributed by atoms with van der Waals surface area (Å²) in [6.45, 7) is 2.28. The topological polar surface area (TPSA) is 97.6 Å². The van der Waals surface area contributed by atoms with E-state index in [2.05, 4.69) is 31.7 Å². The number of fused-ring (bicyclic) bond motifs is 1. The van der Waals surface area contributed by atoms with Crippen molar-refractivity contribution < 1.29 is 23.9 Å². The molecule has 33 heavy (non-hydrogen) atoms. The molecule has 0 spiro atoms. The van der Waals surface area contributed by atoms with E-state index in [1.165, 1.54) is 0 Å². The van der Waals surface area contributed by atoms with Crippen LogP contribution in [0, 0.1) is 5.82 Å². The van der Waals surface area contributed by atoms with Crippen molar-refractivity contribution in [3.63, 3.8) is 0 Å². The van der Waals surface area contributed by atoms with Gasteiger partial charge in [0.15, 0.2) is 5.82 Å². The molecule has 0 bridgehead atoms. The van der Waals surface area contributed by atoms with Crippen molar-refractivity contribution in [1.82, 2.24) is 15.0 Å². The summed E-state index contributed by atoms with van der Waals surface area (Å²) in [6.07, 6.45) is 3.40. The second-order valence-electron chi connectivity index (χ2n) is 7.68. The number of carbonyl (C=O) groups is 1. The summed E-state index contributed by atoms with van der Waals surface area (Å²) >= 11 is 9.64. The maximum atomic E-state index is 15.7. The lowest BCUT2D eigenvalue weighted by molar-refractivity contribution is 0.0169. The van der Waals surface area contributed by atoms with Crippen molar-refractivity contribution in [2.45, 2.75) is 31.9 Å². The molecule has 8 nitrogen and oxygen atoms in total. The molecular weight excluding hydrogens is 519 g/mol. The molecule has 1 aliphatic rings. The minimum atomic E-state index is -0.697. The first-order valence-electron chi connectivity index (χ1n) is 10.5. The van der Waals surface area contributed by atoms with E-state index in [9.17, 15) is 4.79 Å². The summed E-state index contributed by atoms with van der Waals surface area (Å²) < 4.78 is 24.1. The number of aliphatic hydroxyl groups is 1. The number of rotatable bonds is 8. The molecule has 3 N–H and O–H groups in total. The number of carbonyl (C=O) groups excluding carboxylic acids is 1. The summed E-state index contributed by atoms with van der Waals surface area (Å²) in [6, 6.07) is 6.52. The zero-order valence-corrected chi connectivity index (χ0v) is 20.1. The van der Waals surface area contributed by atoms with Crippen LogP contribution >= 0.6 is 27.5 Å². The molecule has 3 aromatic rings. The van der Waals surface area contributed by atoms with Crippen LogP contribution in [-0.2, 0) is 9.57 Å². The van der Waals surface area contributed by atoms with E-state index >= 15 is 4.39 Å². The predicted molar refractivity (Wildman–Crippen MR) is 126 cm³/mol. The quantitative estimate of drug-likeness (QED) is 0.282. The first-order valence-corrected chi connectivity index (χ1v) is 11.6. The van der Waals surface area contributed by atoms with Crippen LogP contribution in [0.5, 0.6) is 0 Å². The molecule has 2 heterocycles. The number of aromatic nitrogens is 2. The van der Waals surface area contributed by atoms with Crippen LogP contribution in [0.1, 0.15) is 36.2 Å². The van der Waals surface area contributed by atoms with Gasteiger partial charge in [0.1, 0.15) is 5.52 Å². The number of benzene rings is 2. The normalized spacial score (nSPS) is 16.8. The van der Waals surface area contributed by atoms with E-state index in [-0.39, 0.29) is 42.1 Å². The highest BCUT2D eigenvalue weighted by atomic mass is 79.9. The molecular formula is C22H23BrClFN4O4. The highest BCUT2D eigenvalue weighted by Crippen LogP contribution is 2.36. The fraction of sp³-hybridized carbons (Fsp3) is 0.364. The molecule has 2 atom stereocenters. The number of imidazole rings is 1. The molecule has 11 heteroatoms. The largest absolute Gasteiger partial charge is 0.394 e. The first kappa shape index (κ1) is 23.9. The number of nitrogens with one attached hydrogen (secondary N) is 2. The number of anilines is 2. The minimum absolute atomic E-state index is 0.00165. The van der Waals surface area contributed by atoms with E-state index in [0.717, 1.165) is 17.3 Å². The molecule has 4 rings (SSSR count). The molecule has 1 saturated heterocycles. The zero-order valence-electron chi connectivity index (χ0n) is 17.8. The van der Waals surface area contributed by atoms with Crippen molar-refractivity contribution in [3.8, 4) is 0 Å². The summed E-state index contributed by atoms with van der Waals surface area (Å²) in [5.41, 5.74) is 3.13. The van der Waals surface area contributed by atoms with Gasteiger partial charge >= 0.3 is 0 Å². The number of aliphatic hydroxyl groups excluding tert-OH is 1. The SMILES string of the molecule is CC(C1CCCO1)n1cnc2c(F)c(Nc3ccc(Br)cc3Cl)c(C(=O)NOCCO)cc21. The molecule has 176 valence electrons. The van der Waals surface area contributed by atoms with Crippen molar-refractivity contribution in [2.75, 3.05) is 25.1 Å². The molecule has 2 unspecified atom stereocenters. The summed E-state index contributed by atoms with van der Waals surface area (Å²) in [5, 5.41) is 12.2. The molecule has 0 saturated carbocycles. The van der Waals surface area contributed by atoms with E-state index in [1.54, 1.807) is 30.6 Å². The second kappa shape index (κ2) is 10.4. The van der Waals surface area contributed by atoms with Gasteiger partial charge in [-0.05, 0) is 44.0 Å². The lowest BCUT2D eigenvalue weighted by atomic mass is 10.1. The van der Waals surface area contributed by atoms with Crippen LogP contribution in [0.3, 0.4) is 0 Å². The lowest BCUT2D eigenvalue weighted by Crippen LogP contribution is -2.26. The van der Waals surface area contributed by atoms with E-state index in [1.807, 2.05) is 11.5 Å². The Kier molecular flexibility index (Phi) is 7.50. The smallest absolute Gasteiger partial charge is 0.277 e. The van der Waals surface area contributed by atoms with Gasteiger partial charge in [0, 0.05) is 11.1 Å². The van der Waals surface area contributed by atoms with Crippen LogP contribution in [-0.4, -0.2) is 46.5 Å². The second-order valence-corrected chi connectivity index (χ2v) is 9.00. The Bertz CT molecular complexity index is 1170. The van der Waals surface area contributed by atoms with Gasteiger partial charge in [-0.3, -0.25) is 9.63 Å². The molecule has 0 aliphatic carbocycles. The number of nitrogens with zero attached hydrogens (tertiary/aromatic N) is 2. The average molecular weight is 542 g/mol. The Morgan fingerprint density at radius 2 is 2.30 bits per heavy atom. The molecule has 1 aromatic heterocycles. The number of halogens is 3. The minimum Gasteiger partial charge on any atom is -0.394 e. The summed E-state index contributed by atoms with van der Waals surface area (Å²) in [4.78, 5) is 22.1. The van der Waals surface area contributed by atoms with Crippen LogP contribution in [0.15, 0.2) is 35.1 Å². The predicted octanol–water partition coefficient (Wildman–Crippen LogP) is 4.73. The third kappa shape index (κ3) is 4.99. The van der Waals surface area contributed by atoms with Gasteiger partial charge in [-0.1, -0.05) is 27.5 Å². The molecule has 0 radical (unpaired) electrons. The van der Waals surface area contributed by atoms with Gasteiger partial charge in [0.25, 0.3) is 5.91 Å². The fourth-order valence-electron chi connectivity index (χ4n) is 3.86. The molecule has 1 fully saturated rings. The van der Waals surface area contributed by atoms with Crippen molar-refractivity contribution in [2.24, 2.45) is 0 Å². The monoisotopic (exact) mass is 540 g/mol. The lowest BCUT2D eigenvalue weighted by Gasteiger charge is -2.21. The van der Waals surface area contributed by atoms with Crippen LogP contribution in [0.4, 0.5) is 15.8 Å². The van der Waals surface area contributed by atoms with Crippen LogP contribution < -0.4 is 10.8 Å². The van der Waals surface area contributed by atoms with E-state index in [0.29, 0.717) is 22.8 Å². The number of ether oxygens (including phenoxy) is 1. The van der Waals surface area contributed by atoms with Gasteiger partial charge in [-0.15, -0.1) is 0 Å².